The quantitative estimate of drug-likeness (QED) is 0.814. The summed E-state index contributed by atoms with van der Waals surface area (Å²) in [5, 5.41) is 2.93. The number of benzene rings is 1. The Hall–Kier alpha value is -2.10. The van der Waals surface area contributed by atoms with E-state index < -0.39 is 0 Å². The lowest BCUT2D eigenvalue weighted by molar-refractivity contribution is -0.122. The van der Waals surface area contributed by atoms with Crippen LogP contribution in [0.1, 0.15) is 42.1 Å². The van der Waals surface area contributed by atoms with Crippen molar-refractivity contribution in [1.29, 1.82) is 0 Å². The molecule has 0 saturated heterocycles. The zero-order valence-electron chi connectivity index (χ0n) is 12.3. The Bertz CT molecular complexity index is 534. The highest BCUT2D eigenvalue weighted by Gasteiger charge is 2.28. The van der Waals surface area contributed by atoms with Crippen molar-refractivity contribution in [2.24, 2.45) is 11.7 Å². The number of carbonyl (C=O) groups excluding carboxylic acids is 2. The summed E-state index contributed by atoms with van der Waals surface area (Å²) in [4.78, 5) is 23.7. The predicted octanol–water partition coefficient (Wildman–Crippen LogP) is 2.19. The minimum atomic E-state index is -0.358. The first kappa shape index (κ1) is 15.3. The zero-order valence-corrected chi connectivity index (χ0v) is 12.3. The Balaban J connectivity index is 2.03. The van der Waals surface area contributed by atoms with Crippen LogP contribution >= 0.6 is 0 Å². The second-order valence-corrected chi connectivity index (χ2v) is 5.48. The molecule has 3 N–H and O–H groups in total. The molecular formula is C17H22N2O2. The van der Waals surface area contributed by atoms with Crippen molar-refractivity contribution in [2.45, 2.75) is 38.6 Å². The van der Waals surface area contributed by atoms with Crippen LogP contribution in [0.25, 0.3) is 0 Å². The number of amides is 2. The van der Waals surface area contributed by atoms with Crippen molar-refractivity contribution < 1.29 is 9.59 Å². The van der Waals surface area contributed by atoms with Gasteiger partial charge < -0.3 is 11.1 Å². The molecule has 21 heavy (non-hydrogen) atoms. The molecule has 0 spiro atoms. The molecular weight excluding hydrogens is 264 g/mol. The third-order valence-electron chi connectivity index (χ3n) is 3.87. The number of rotatable bonds is 5. The molecule has 1 aliphatic rings. The lowest BCUT2D eigenvalue weighted by atomic mass is 9.88. The highest BCUT2D eigenvalue weighted by molar-refractivity contribution is 5.94. The maximum atomic E-state index is 12.3. The SMILES string of the molecule is CCCc1ccc(C(=O)N[C@@H]2CC=CC[C@H]2C(N)=O)cc1. The van der Waals surface area contributed by atoms with Crippen molar-refractivity contribution >= 4 is 11.8 Å². The monoisotopic (exact) mass is 286 g/mol. The van der Waals surface area contributed by atoms with Crippen LogP contribution in [-0.4, -0.2) is 17.9 Å². The molecule has 0 bridgehead atoms. The Morgan fingerprint density at radius 1 is 1.19 bits per heavy atom. The lowest BCUT2D eigenvalue weighted by Crippen LogP contribution is -2.46. The van der Waals surface area contributed by atoms with Gasteiger partial charge in [-0.1, -0.05) is 37.6 Å². The van der Waals surface area contributed by atoms with Crippen LogP contribution in [0, 0.1) is 5.92 Å². The molecule has 2 rings (SSSR count). The van der Waals surface area contributed by atoms with Gasteiger partial charge in [-0.25, -0.2) is 0 Å². The first-order chi connectivity index (χ1) is 10.1. The number of hydrogen-bond acceptors (Lipinski definition) is 2. The summed E-state index contributed by atoms with van der Waals surface area (Å²) in [5.41, 5.74) is 7.25. The van der Waals surface area contributed by atoms with Crippen LogP contribution < -0.4 is 11.1 Å². The summed E-state index contributed by atoms with van der Waals surface area (Å²) >= 11 is 0. The van der Waals surface area contributed by atoms with Gasteiger partial charge in [0.15, 0.2) is 0 Å². The molecule has 0 aliphatic heterocycles. The minimum absolute atomic E-state index is 0.149. The summed E-state index contributed by atoms with van der Waals surface area (Å²) in [6.45, 7) is 2.13. The topological polar surface area (TPSA) is 72.2 Å². The largest absolute Gasteiger partial charge is 0.369 e. The molecule has 1 aliphatic carbocycles. The molecule has 2 atom stereocenters. The second kappa shape index (κ2) is 7.07. The van der Waals surface area contributed by atoms with Crippen LogP contribution in [0.15, 0.2) is 36.4 Å². The van der Waals surface area contributed by atoms with Crippen LogP contribution in [0.5, 0.6) is 0 Å². The molecule has 112 valence electrons. The van der Waals surface area contributed by atoms with E-state index in [1.54, 1.807) is 0 Å². The van der Waals surface area contributed by atoms with E-state index in [0.717, 1.165) is 12.8 Å². The van der Waals surface area contributed by atoms with Gasteiger partial charge in [-0.05, 0) is 37.0 Å². The molecule has 0 unspecified atom stereocenters. The van der Waals surface area contributed by atoms with Gasteiger partial charge in [-0.2, -0.15) is 0 Å². The molecule has 2 amide bonds. The zero-order chi connectivity index (χ0) is 15.2. The normalized spacial score (nSPS) is 21.0. The summed E-state index contributed by atoms with van der Waals surface area (Å²) in [7, 11) is 0. The summed E-state index contributed by atoms with van der Waals surface area (Å²) < 4.78 is 0. The van der Waals surface area contributed by atoms with Gasteiger partial charge in [0.1, 0.15) is 0 Å². The Labute approximate surface area is 125 Å². The number of carbonyl (C=O) groups is 2. The van der Waals surface area contributed by atoms with Gasteiger partial charge in [-0.3, -0.25) is 9.59 Å². The number of hydrogen-bond donors (Lipinski definition) is 2. The molecule has 1 aromatic rings. The molecule has 0 heterocycles. The third-order valence-corrected chi connectivity index (χ3v) is 3.87. The lowest BCUT2D eigenvalue weighted by Gasteiger charge is -2.26. The van der Waals surface area contributed by atoms with Crippen LogP contribution in [0.3, 0.4) is 0 Å². The number of nitrogens with two attached hydrogens (primary N) is 1. The van der Waals surface area contributed by atoms with Gasteiger partial charge in [0.25, 0.3) is 5.91 Å². The Morgan fingerprint density at radius 3 is 2.48 bits per heavy atom. The summed E-state index contributed by atoms with van der Waals surface area (Å²) in [6, 6.07) is 7.40. The van der Waals surface area contributed by atoms with Crippen molar-refractivity contribution in [1.82, 2.24) is 5.32 Å². The maximum absolute atomic E-state index is 12.3. The average Bonchev–Trinajstić information content (AvgIpc) is 2.48. The average molecular weight is 286 g/mol. The molecule has 4 nitrogen and oxygen atoms in total. The van der Waals surface area contributed by atoms with E-state index in [0.29, 0.717) is 18.4 Å². The molecule has 0 aromatic heterocycles. The fourth-order valence-electron chi connectivity index (χ4n) is 2.65. The first-order valence-corrected chi connectivity index (χ1v) is 7.46. The first-order valence-electron chi connectivity index (χ1n) is 7.46. The highest BCUT2D eigenvalue weighted by atomic mass is 16.2. The fraction of sp³-hybridized carbons (Fsp3) is 0.412. The number of aryl methyl sites for hydroxylation is 1. The van der Waals surface area contributed by atoms with E-state index in [2.05, 4.69) is 12.2 Å². The smallest absolute Gasteiger partial charge is 0.251 e. The van der Waals surface area contributed by atoms with Crippen molar-refractivity contribution in [3.8, 4) is 0 Å². The highest BCUT2D eigenvalue weighted by Crippen LogP contribution is 2.19. The predicted molar refractivity (Wildman–Crippen MR) is 82.7 cm³/mol. The van der Waals surface area contributed by atoms with Gasteiger partial charge >= 0.3 is 0 Å². The van der Waals surface area contributed by atoms with E-state index >= 15 is 0 Å². The van der Waals surface area contributed by atoms with E-state index in [1.165, 1.54) is 5.56 Å². The van der Waals surface area contributed by atoms with Crippen molar-refractivity contribution in [3.63, 3.8) is 0 Å². The number of primary amides is 1. The van der Waals surface area contributed by atoms with Gasteiger partial charge in [-0.15, -0.1) is 0 Å². The van der Waals surface area contributed by atoms with Crippen molar-refractivity contribution in [2.75, 3.05) is 0 Å². The van der Waals surface area contributed by atoms with E-state index in [1.807, 2.05) is 36.4 Å². The molecule has 0 radical (unpaired) electrons. The van der Waals surface area contributed by atoms with Crippen LogP contribution in [-0.2, 0) is 11.2 Å². The molecule has 4 heteroatoms. The second-order valence-electron chi connectivity index (χ2n) is 5.48. The van der Waals surface area contributed by atoms with Gasteiger partial charge in [0, 0.05) is 11.6 Å². The van der Waals surface area contributed by atoms with Gasteiger partial charge in [0.2, 0.25) is 5.91 Å². The Morgan fingerprint density at radius 2 is 1.86 bits per heavy atom. The molecule has 1 aromatic carbocycles. The van der Waals surface area contributed by atoms with Crippen LogP contribution in [0.2, 0.25) is 0 Å². The molecule has 0 fully saturated rings. The minimum Gasteiger partial charge on any atom is -0.369 e. The van der Waals surface area contributed by atoms with Crippen LogP contribution in [0.4, 0.5) is 0 Å². The fourth-order valence-corrected chi connectivity index (χ4v) is 2.65. The standard InChI is InChI=1S/C17H22N2O2/c1-2-5-12-8-10-13(11-9-12)17(21)19-15-7-4-3-6-14(15)16(18)20/h3-4,8-11,14-15H,2,5-7H2,1H3,(H2,18,20)(H,19,21)/t14-,15-/m1/s1. The van der Waals surface area contributed by atoms with Gasteiger partial charge in [0.05, 0.1) is 5.92 Å². The summed E-state index contributed by atoms with van der Waals surface area (Å²) in [6.07, 6.45) is 7.26. The maximum Gasteiger partial charge on any atom is 0.251 e. The summed E-state index contributed by atoms with van der Waals surface area (Å²) in [5.74, 6) is -0.828. The van der Waals surface area contributed by atoms with E-state index in [9.17, 15) is 9.59 Å². The third kappa shape index (κ3) is 3.94. The molecule has 0 saturated carbocycles. The number of allylic oxidation sites excluding steroid dienone is 1. The Kier molecular flexibility index (Phi) is 5.14. The number of nitrogens with one attached hydrogen (secondary N) is 1. The van der Waals surface area contributed by atoms with E-state index in [-0.39, 0.29) is 23.8 Å². The van der Waals surface area contributed by atoms with Crippen molar-refractivity contribution in [3.05, 3.63) is 47.5 Å². The van der Waals surface area contributed by atoms with E-state index in [4.69, 9.17) is 5.73 Å².